The Kier molecular flexibility index (Phi) is 5.90. The van der Waals surface area contributed by atoms with Crippen LogP contribution in [-0.2, 0) is 19.6 Å². The van der Waals surface area contributed by atoms with Crippen LogP contribution in [0.25, 0.3) is 11.0 Å². The highest BCUT2D eigenvalue weighted by Crippen LogP contribution is 2.35. The second kappa shape index (κ2) is 8.24. The molecular weight excluding hydrogens is 466 g/mol. The van der Waals surface area contributed by atoms with Gasteiger partial charge in [-0.3, -0.25) is 4.79 Å². The molecule has 1 N–H and O–H groups in total. The molecule has 1 aromatic heterocycles. The summed E-state index contributed by atoms with van der Waals surface area (Å²) < 4.78 is 41.3. The summed E-state index contributed by atoms with van der Waals surface area (Å²) in [5.74, 6) is 0.160. The number of β-amino-alcohol motifs (C(OH)–C–C–N with tert-alkyl or cyclic N) is 1. The topological polar surface area (TPSA) is 58.4 Å². The number of aromatic nitrogens is 2. The van der Waals surface area contributed by atoms with E-state index in [1.165, 1.54) is 11.0 Å². The van der Waals surface area contributed by atoms with Gasteiger partial charge in [-0.15, -0.1) is 0 Å². The van der Waals surface area contributed by atoms with Crippen LogP contribution in [0.4, 0.5) is 13.2 Å². The molecule has 1 aliphatic rings. The summed E-state index contributed by atoms with van der Waals surface area (Å²) >= 11 is 12.9. The van der Waals surface area contributed by atoms with Crippen molar-refractivity contribution >= 4 is 40.1 Å². The molecule has 170 valence electrons. The summed E-state index contributed by atoms with van der Waals surface area (Å²) in [5, 5.41) is 10.2. The standard InChI is InChI=1S/C22H20Cl2F3N3O2/c1-11-7-12(22(25,26)27)8-17-20(11)28-18(29(17)2)9-15-16(23)4-3-14(19(15)24)21(32)30-6-5-13(31)10-30/h3-4,7-8,13,31H,5-6,9-10H2,1-2H3. The highest BCUT2D eigenvalue weighted by Gasteiger charge is 2.32. The number of aryl methyl sites for hydroxylation is 2. The van der Waals surface area contributed by atoms with Gasteiger partial charge in [-0.1, -0.05) is 23.2 Å². The van der Waals surface area contributed by atoms with Gasteiger partial charge in [-0.25, -0.2) is 4.98 Å². The molecule has 0 spiro atoms. The minimum absolute atomic E-state index is 0.132. The lowest BCUT2D eigenvalue weighted by molar-refractivity contribution is -0.137. The van der Waals surface area contributed by atoms with Crippen LogP contribution in [0, 0.1) is 6.92 Å². The first-order chi connectivity index (χ1) is 15.0. The summed E-state index contributed by atoms with van der Waals surface area (Å²) in [6.07, 6.45) is -4.39. The number of alkyl halides is 3. The Hall–Kier alpha value is -2.29. The van der Waals surface area contributed by atoms with E-state index in [4.69, 9.17) is 23.2 Å². The molecule has 1 aliphatic heterocycles. The van der Waals surface area contributed by atoms with Crippen LogP contribution in [0.1, 0.15) is 39.3 Å². The number of imidazole rings is 1. The molecule has 0 bridgehead atoms. The number of amides is 1. The third-order valence-electron chi connectivity index (χ3n) is 5.80. The number of aliphatic hydroxyl groups excluding tert-OH is 1. The monoisotopic (exact) mass is 485 g/mol. The number of halogens is 5. The fourth-order valence-corrected chi connectivity index (χ4v) is 4.59. The van der Waals surface area contributed by atoms with E-state index in [9.17, 15) is 23.1 Å². The number of fused-ring (bicyclic) bond motifs is 1. The number of likely N-dealkylation sites (tertiary alicyclic amines) is 1. The van der Waals surface area contributed by atoms with Gasteiger partial charge in [0.1, 0.15) is 5.82 Å². The minimum Gasteiger partial charge on any atom is -0.391 e. The Morgan fingerprint density at radius 3 is 2.62 bits per heavy atom. The zero-order valence-electron chi connectivity index (χ0n) is 17.3. The van der Waals surface area contributed by atoms with Gasteiger partial charge in [0.2, 0.25) is 0 Å². The maximum absolute atomic E-state index is 13.2. The Labute approximate surface area is 192 Å². The Balaban J connectivity index is 1.73. The zero-order chi connectivity index (χ0) is 23.4. The van der Waals surface area contributed by atoms with E-state index < -0.39 is 17.8 Å². The summed E-state index contributed by atoms with van der Waals surface area (Å²) in [7, 11) is 1.63. The maximum atomic E-state index is 13.2. The molecular formula is C22H20Cl2F3N3O2. The van der Waals surface area contributed by atoms with Gasteiger partial charge in [0, 0.05) is 31.6 Å². The van der Waals surface area contributed by atoms with Crippen molar-refractivity contribution in [3.8, 4) is 0 Å². The van der Waals surface area contributed by atoms with E-state index in [1.54, 1.807) is 24.6 Å². The number of benzene rings is 2. The van der Waals surface area contributed by atoms with E-state index in [-0.39, 0.29) is 29.5 Å². The molecule has 2 heterocycles. The van der Waals surface area contributed by atoms with Crippen molar-refractivity contribution in [1.82, 2.24) is 14.5 Å². The predicted octanol–water partition coefficient (Wildman–Crippen LogP) is 5.00. The zero-order valence-corrected chi connectivity index (χ0v) is 18.8. The molecule has 0 aliphatic carbocycles. The second-order valence-corrected chi connectivity index (χ2v) is 8.79. The van der Waals surface area contributed by atoms with Crippen molar-refractivity contribution in [2.45, 2.75) is 32.0 Å². The number of rotatable bonds is 3. The number of nitrogens with zero attached hydrogens (tertiary/aromatic N) is 3. The number of hydrogen-bond acceptors (Lipinski definition) is 3. The number of carbonyl (C=O) groups excluding carboxylic acids is 1. The van der Waals surface area contributed by atoms with Gasteiger partial charge in [0.05, 0.1) is 33.3 Å². The average Bonchev–Trinajstić information content (AvgIpc) is 3.28. The van der Waals surface area contributed by atoms with Crippen molar-refractivity contribution < 1.29 is 23.1 Å². The predicted molar refractivity (Wildman–Crippen MR) is 116 cm³/mol. The average molecular weight is 486 g/mol. The Bertz CT molecular complexity index is 1220. The van der Waals surface area contributed by atoms with E-state index in [0.29, 0.717) is 46.0 Å². The first kappa shape index (κ1) is 22.9. The van der Waals surface area contributed by atoms with Crippen LogP contribution in [0.5, 0.6) is 0 Å². The number of aliphatic hydroxyl groups is 1. The van der Waals surface area contributed by atoms with Crippen molar-refractivity contribution in [3.63, 3.8) is 0 Å². The molecule has 32 heavy (non-hydrogen) atoms. The van der Waals surface area contributed by atoms with Crippen molar-refractivity contribution in [1.29, 1.82) is 0 Å². The van der Waals surface area contributed by atoms with Gasteiger partial charge in [-0.05, 0) is 48.7 Å². The first-order valence-electron chi connectivity index (χ1n) is 9.94. The van der Waals surface area contributed by atoms with Crippen LogP contribution in [0.3, 0.4) is 0 Å². The summed E-state index contributed by atoms with van der Waals surface area (Å²) in [6.45, 7) is 2.25. The number of hydrogen-bond donors (Lipinski definition) is 1. The van der Waals surface area contributed by atoms with Crippen LogP contribution >= 0.6 is 23.2 Å². The Morgan fingerprint density at radius 1 is 1.28 bits per heavy atom. The Morgan fingerprint density at radius 2 is 2.00 bits per heavy atom. The molecule has 0 saturated carbocycles. The van der Waals surface area contributed by atoms with Gasteiger partial charge in [0.25, 0.3) is 5.91 Å². The van der Waals surface area contributed by atoms with Crippen molar-refractivity contribution in [2.24, 2.45) is 7.05 Å². The lowest BCUT2D eigenvalue weighted by atomic mass is 10.1. The van der Waals surface area contributed by atoms with E-state index in [0.717, 1.165) is 12.1 Å². The molecule has 0 radical (unpaired) electrons. The van der Waals surface area contributed by atoms with Gasteiger partial charge in [0.15, 0.2) is 0 Å². The molecule has 2 aromatic carbocycles. The quantitative estimate of drug-likeness (QED) is 0.567. The molecule has 1 atom stereocenters. The molecule has 1 unspecified atom stereocenters. The molecule has 1 fully saturated rings. The fourth-order valence-electron chi connectivity index (χ4n) is 4.01. The van der Waals surface area contributed by atoms with Crippen LogP contribution in [0.2, 0.25) is 10.0 Å². The largest absolute Gasteiger partial charge is 0.416 e. The highest BCUT2D eigenvalue weighted by molar-refractivity contribution is 6.38. The summed E-state index contributed by atoms with van der Waals surface area (Å²) in [6, 6.07) is 5.25. The molecule has 1 amide bonds. The van der Waals surface area contributed by atoms with E-state index >= 15 is 0 Å². The van der Waals surface area contributed by atoms with Crippen LogP contribution in [0.15, 0.2) is 24.3 Å². The lowest BCUT2D eigenvalue weighted by Crippen LogP contribution is -2.30. The van der Waals surface area contributed by atoms with Crippen molar-refractivity contribution in [3.05, 3.63) is 62.4 Å². The lowest BCUT2D eigenvalue weighted by Gasteiger charge is -2.18. The van der Waals surface area contributed by atoms with Gasteiger partial charge in [-0.2, -0.15) is 13.2 Å². The van der Waals surface area contributed by atoms with E-state index in [2.05, 4.69) is 4.98 Å². The fraction of sp³-hybridized carbons (Fsp3) is 0.364. The highest BCUT2D eigenvalue weighted by atomic mass is 35.5. The number of carbonyl (C=O) groups is 1. The second-order valence-electron chi connectivity index (χ2n) is 8.00. The minimum atomic E-state index is -4.46. The van der Waals surface area contributed by atoms with Crippen LogP contribution in [-0.4, -0.2) is 44.7 Å². The summed E-state index contributed by atoms with van der Waals surface area (Å²) in [5.41, 5.74) is 1.19. The third kappa shape index (κ3) is 4.07. The first-order valence-corrected chi connectivity index (χ1v) is 10.7. The smallest absolute Gasteiger partial charge is 0.391 e. The van der Waals surface area contributed by atoms with Crippen molar-refractivity contribution in [2.75, 3.05) is 13.1 Å². The van der Waals surface area contributed by atoms with Gasteiger partial charge < -0.3 is 14.6 Å². The summed E-state index contributed by atoms with van der Waals surface area (Å²) in [4.78, 5) is 18.9. The SMILES string of the molecule is Cc1cc(C(F)(F)F)cc2c1nc(Cc1c(Cl)ccc(C(=O)N3CCC(O)C3)c1Cl)n2C. The maximum Gasteiger partial charge on any atom is 0.416 e. The van der Waals surface area contributed by atoms with Gasteiger partial charge >= 0.3 is 6.18 Å². The van der Waals surface area contributed by atoms with E-state index in [1.807, 2.05) is 0 Å². The third-order valence-corrected chi connectivity index (χ3v) is 6.58. The molecule has 4 rings (SSSR count). The molecule has 10 heteroatoms. The molecule has 5 nitrogen and oxygen atoms in total. The molecule has 3 aromatic rings. The van der Waals surface area contributed by atoms with Crippen LogP contribution < -0.4 is 0 Å². The molecule has 1 saturated heterocycles. The normalized spacial score (nSPS) is 16.9.